The Morgan fingerprint density at radius 1 is 1.13 bits per heavy atom. The number of hydrogen-bond acceptors (Lipinski definition) is 6. The zero-order valence-corrected chi connectivity index (χ0v) is 17.9. The largest absolute Gasteiger partial charge is 0.480 e. The molecule has 2 heterocycles. The van der Waals surface area contributed by atoms with E-state index in [1.165, 1.54) is 28.0 Å². The van der Waals surface area contributed by atoms with E-state index in [4.69, 9.17) is 0 Å². The molecule has 30 heavy (non-hydrogen) atoms. The quantitative estimate of drug-likeness (QED) is 0.541. The fourth-order valence-corrected chi connectivity index (χ4v) is 5.60. The van der Waals surface area contributed by atoms with E-state index in [1.54, 1.807) is 0 Å². The molecule has 1 aromatic heterocycles. The first-order valence-corrected chi connectivity index (χ1v) is 11.7. The molecule has 1 aromatic carbocycles. The van der Waals surface area contributed by atoms with E-state index in [2.05, 4.69) is 5.32 Å². The summed E-state index contributed by atoms with van der Waals surface area (Å²) in [5, 5.41) is 23.9. The maximum Gasteiger partial charge on any atom is 0.323 e. The van der Waals surface area contributed by atoms with Crippen LogP contribution in [0.3, 0.4) is 0 Å². The summed E-state index contributed by atoms with van der Waals surface area (Å²) in [6.45, 7) is -0.415. The lowest BCUT2D eigenvalue weighted by atomic mass is 10.0. The summed E-state index contributed by atoms with van der Waals surface area (Å²) in [7, 11) is 0. The maximum atomic E-state index is 13.2. The summed E-state index contributed by atoms with van der Waals surface area (Å²) in [4.78, 5) is 38.7. The molecule has 7 nitrogen and oxygen atoms in total. The smallest absolute Gasteiger partial charge is 0.323 e. The average molecular weight is 449 g/mol. The Morgan fingerprint density at radius 2 is 1.90 bits per heavy atom. The van der Waals surface area contributed by atoms with Crippen molar-refractivity contribution in [3.05, 3.63) is 58.3 Å². The molecule has 1 aliphatic heterocycles. The van der Waals surface area contributed by atoms with Gasteiger partial charge in [-0.1, -0.05) is 36.4 Å². The van der Waals surface area contributed by atoms with Crippen molar-refractivity contribution >= 4 is 40.9 Å². The molecule has 0 bridgehead atoms. The standard InChI is InChI=1S/C21H24N2O5S2/c24-19(25)11-23-17(18-7-4-10-30-18)13-29-12-16(20(23)26)22-15(21(27)28)9-8-14-5-2-1-3-6-14/h1-7,10,15-17,22H,8-9,11-13H2,(H,24,25)(H,27,28)/t15-,16?,17?/m0/s1. The minimum Gasteiger partial charge on any atom is -0.480 e. The molecule has 1 amide bonds. The van der Waals surface area contributed by atoms with Crippen LogP contribution in [-0.4, -0.2) is 63.1 Å². The fraction of sp³-hybridized carbons (Fsp3) is 0.381. The number of benzene rings is 1. The first-order valence-electron chi connectivity index (χ1n) is 9.62. The van der Waals surface area contributed by atoms with Crippen LogP contribution in [0, 0.1) is 0 Å². The number of hydrogen-bond donors (Lipinski definition) is 3. The minimum absolute atomic E-state index is 0.334. The van der Waals surface area contributed by atoms with E-state index < -0.39 is 30.6 Å². The first-order chi connectivity index (χ1) is 14.5. The summed E-state index contributed by atoms with van der Waals surface area (Å²) in [5.41, 5.74) is 1.03. The van der Waals surface area contributed by atoms with Gasteiger partial charge in [-0.3, -0.25) is 19.7 Å². The van der Waals surface area contributed by atoms with Crippen LogP contribution in [0.4, 0.5) is 0 Å². The molecule has 0 radical (unpaired) electrons. The Morgan fingerprint density at radius 3 is 2.53 bits per heavy atom. The predicted octanol–water partition coefficient (Wildman–Crippen LogP) is 2.49. The number of thiophene rings is 1. The molecule has 2 aromatic rings. The lowest BCUT2D eigenvalue weighted by molar-refractivity contribution is -0.147. The highest BCUT2D eigenvalue weighted by atomic mass is 32.2. The summed E-state index contributed by atoms with van der Waals surface area (Å²) in [6.07, 6.45) is 0.899. The van der Waals surface area contributed by atoms with Crippen LogP contribution in [0.5, 0.6) is 0 Å². The molecule has 1 fully saturated rings. The number of carboxylic acids is 2. The minimum atomic E-state index is -1.09. The van der Waals surface area contributed by atoms with Gasteiger partial charge in [-0.25, -0.2) is 0 Å². The summed E-state index contributed by atoms with van der Waals surface area (Å²) in [6, 6.07) is 11.4. The highest BCUT2D eigenvalue weighted by Crippen LogP contribution is 2.32. The third-order valence-corrected chi connectivity index (χ3v) is 7.05. The number of aryl methyl sites for hydroxylation is 1. The molecule has 3 N–H and O–H groups in total. The second-order valence-corrected chi connectivity index (χ2v) is 9.12. The Labute approximate surface area is 183 Å². The van der Waals surface area contributed by atoms with Gasteiger partial charge in [-0.15, -0.1) is 11.3 Å². The molecule has 9 heteroatoms. The Kier molecular flexibility index (Phi) is 7.89. The number of nitrogens with one attached hydrogen (secondary N) is 1. The van der Waals surface area contributed by atoms with Gasteiger partial charge in [0, 0.05) is 16.4 Å². The van der Waals surface area contributed by atoms with Crippen molar-refractivity contribution in [3.63, 3.8) is 0 Å². The van der Waals surface area contributed by atoms with Crippen molar-refractivity contribution in [2.75, 3.05) is 18.1 Å². The zero-order chi connectivity index (χ0) is 21.5. The van der Waals surface area contributed by atoms with E-state index in [1.807, 2.05) is 47.8 Å². The number of carboxylic acid groups (broad SMARTS) is 2. The van der Waals surface area contributed by atoms with E-state index >= 15 is 0 Å². The number of carbonyl (C=O) groups is 3. The van der Waals surface area contributed by atoms with Gasteiger partial charge in [0.2, 0.25) is 5.91 Å². The summed E-state index contributed by atoms with van der Waals surface area (Å²) < 4.78 is 0. The van der Waals surface area contributed by atoms with Gasteiger partial charge in [-0.2, -0.15) is 11.8 Å². The lowest BCUT2D eigenvalue weighted by Gasteiger charge is -2.30. The van der Waals surface area contributed by atoms with Crippen LogP contribution in [0.1, 0.15) is 22.9 Å². The van der Waals surface area contributed by atoms with E-state index in [0.29, 0.717) is 24.3 Å². The summed E-state index contributed by atoms with van der Waals surface area (Å²) in [5.74, 6) is -1.51. The molecule has 0 aliphatic carbocycles. The van der Waals surface area contributed by atoms with Crippen LogP contribution < -0.4 is 5.32 Å². The van der Waals surface area contributed by atoms with E-state index in [-0.39, 0.29) is 11.9 Å². The van der Waals surface area contributed by atoms with Crippen molar-refractivity contribution in [2.24, 2.45) is 0 Å². The molecule has 1 aliphatic rings. The van der Waals surface area contributed by atoms with Crippen LogP contribution in [-0.2, 0) is 20.8 Å². The molecule has 160 valence electrons. The average Bonchev–Trinajstić information content (AvgIpc) is 3.21. The number of aliphatic carboxylic acids is 2. The van der Waals surface area contributed by atoms with Gasteiger partial charge in [0.25, 0.3) is 0 Å². The molecule has 2 unspecified atom stereocenters. The molecule has 3 atom stereocenters. The van der Waals surface area contributed by atoms with Crippen LogP contribution in [0.25, 0.3) is 0 Å². The third kappa shape index (κ3) is 5.84. The number of thioether (sulfide) groups is 1. The van der Waals surface area contributed by atoms with Gasteiger partial charge in [0.1, 0.15) is 12.6 Å². The van der Waals surface area contributed by atoms with Crippen molar-refractivity contribution in [3.8, 4) is 0 Å². The molecular formula is C21H24N2O5S2. The van der Waals surface area contributed by atoms with Gasteiger partial charge in [0.05, 0.1) is 12.1 Å². The highest BCUT2D eigenvalue weighted by molar-refractivity contribution is 7.99. The maximum absolute atomic E-state index is 13.2. The number of nitrogens with zero attached hydrogens (tertiary/aromatic N) is 1. The van der Waals surface area contributed by atoms with Gasteiger partial charge in [0.15, 0.2) is 0 Å². The van der Waals surface area contributed by atoms with Crippen LogP contribution in [0.2, 0.25) is 0 Å². The second kappa shape index (κ2) is 10.6. The van der Waals surface area contributed by atoms with E-state index in [0.717, 1.165) is 10.4 Å². The van der Waals surface area contributed by atoms with Gasteiger partial charge < -0.3 is 15.1 Å². The highest BCUT2D eigenvalue weighted by Gasteiger charge is 2.37. The molecule has 0 spiro atoms. The molecule has 0 saturated carbocycles. The van der Waals surface area contributed by atoms with Gasteiger partial charge in [-0.05, 0) is 29.9 Å². The molecule has 3 rings (SSSR count). The van der Waals surface area contributed by atoms with Crippen LogP contribution in [0.15, 0.2) is 47.8 Å². The topological polar surface area (TPSA) is 107 Å². The number of amides is 1. The Hall–Kier alpha value is -2.36. The zero-order valence-electron chi connectivity index (χ0n) is 16.3. The Bertz CT molecular complexity index is 860. The predicted molar refractivity (Wildman–Crippen MR) is 117 cm³/mol. The van der Waals surface area contributed by atoms with Crippen molar-refractivity contribution < 1.29 is 24.6 Å². The van der Waals surface area contributed by atoms with E-state index in [9.17, 15) is 24.6 Å². The Balaban J connectivity index is 1.73. The lowest BCUT2D eigenvalue weighted by Crippen LogP contribution is -2.53. The summed E-state index contributed by atoms with van der Waals surface area (Å²) >= 11 is 3.01. The van der Waals surface area contributed by atoms with Crippen molar-refractivity contribution in [1.82, 2.24) is 10.2 Å². The van der Waals surface area contributed by atoms with Crippen molar-refractivity contribution in [2.45, 2.75) is 31.0 Å². The van der Waals surface area contributed by atoms with Crippen LogP contribution >= 0.6 is 23.1 Å². The van der Waals surface area contributed by atoms with Crippen molar-refractivity contribution in [1.29, 1.82) is 0 Å². The fourth-order valence-electron chi connectivity index (χ4n) is 3.46. The molecule has 1 saturated heterocycles. The first kappa shape index (κ1) is 22.3. The normalized spacial score (nSPS) is 20.5. The number of rotatable bonds is 9. The third-order valence-electron chi connectivity index (χ3n) is 4.96. The molecular weight excluding hydrogens is 424 g/mol. The number of carbonyl (C=O) groups excluding carboxylic acids is 1. The second-order valence-electron chi connectivity index (χ2n) is 7.06. The monoisotopic (exact) mass is 448 g/mol. The SMILES string of the molecule is O=C(O)CN1C(=O)C(N[C@@H](CCc2ccccc2)C(=O)O)CSCC1c1cccs1. The van der Waals surface area contributed by atoms with Gasteiger partial charge >= 0.3 is 11.9 Å².